The average molecular weight is 698 g/mol. The van der Waals surface area contributed by atoms with E-state index >= 15 is 0 Å². The predicted molar refractivity (Wildman–Crippen MR) is 162 cm³/mol. The summed E-state index contributed by atoms with van der Waals surface area (Å²) in [6.45, 7) is 2.40. The summed E-state index contributed by atoms with van der Waals surface area (Å²) >= 11 is 0. The van der Waals surface area contributed by atoms with Crippen molar-refractivity contribution in [1.82, 2.24) is 5.32 Å². The van der Waals surface area contributed by atoms with Crippen molar-refractivity contribution in [3.63, 3.8) is 0 Å². The summed E-state index contributed by atoms with van der Waals surface area (Å²) in [6, 6.07) is -1.38. The van der Waals surface area contributed by atoms with E-state index in [0.29, 0.717) is 6.42 Å². The van der Waals surface area contributed by atoms with Crippen molar-refractivity contribution in [3.05, 3.63) is 0 Å². The molecule has 280 valence electrons. The normalized spacial score (nSPS) is 45.0. The lowest BCUT2D eigenvalue weighted by Crippen LogP contribution is -2.70. The number of nitrogens with one attached hydrogen (secondary N) is 1. The van der Waals surface area contributed by atoms with Crippen molar-refractivity contribution in [2.24, 2.45) is 5.92 Å². The van der Waals surface area contributed by atoms with Gasteiger partial charge in [0.05, 0.1) is 31.5 Å². The Labute approximate surface area is 279 Å². The Morgan fingerprint density at radius 1 is 0.750 bits per heavy atom. The standard InChI is InChI=1S/C31H55NO16/c1-3-4-5-6-7-8-10-44-31-26(42)24(40)21(37)17(47-31)13-45-29-27-18(15(35)9-11-43-27)22(38)25(41)28(29)48-30-19(32-14(2)34)23(39)20(36)16(12-33)46-30/h15-31,33,35-42H,3-13H2,1-2H3,(H,32,34)/t15-,16+,17+,18+,19+,20+,21+,22+,23+,24-,25-,26+,27-,28-,29-,30-,31+/m0/s1. The Morgan fingerprint density at radius 3 is 2.10 bits per heavy atom. The molecule has 17 atom stereocenters. The summed E-state index contributed by atoms with van der Waals surface area (Å²) in [6.07, 6.45) is -15.7. The monoisotopic (exact) mass is 697 g/mol. The Bertz CT molecular complexity index is 981. The van der Waals surface area contributed by atoms with Crippen LogP contribution in [0.2, 0.25) is 0 Å². The SMILES string of the molecule is CCCCCCCCO[C@@H]1O[C@H](CO[C@H]2[C@H]3OCC[C@H](O)[C@@H]3[C@@H](O)[C@H](O)[C@@H]2O[C@@H]2O[C@H](CO)[C@@H](O)[C@H](O)[C@H]2NC(C)=O)[C@@H](O)[C@H](O)[C@H]1O. The fourth-order valence-electron chi connectivity index (χ4n) is 6.96. The number of aliphatic hydroxyl groups excluding tert-OH is 9. The summed E-state index contributed by atoms with van der Waals surface area (Å²) < 4.78 is 35.3. The molecule has 17 heteroatoms. The Kier molecular flexibility index (Phi) is 15.2. The molecular formula is C31H55NO16. The van der Waals surface area contributed by atoms with Crippen molar-refractivity contribution >= 4 is 5.91 Å². The van der Waals surface area contributed by atoms with E-state index in [-0.39, 0.29) is 19.6 Å². The van der Waals surface area contributed by atoms with Crippen LogP contribution in [0.4, 0.5) is 0 Å². The highest BCUT2D eigenvalue weighted by Gasteiger charge is 2.58. The molecule has 0 aromatic carbocycles. The van der Waals surface area contributed by atoms with E-state index in [1.807, 2.05) is 0 Å². The van der Waals surface area contributed by atoms with Gasteiger partial charge in [-0.1, -0.05) is 39.0 Å². The zero-order valence-electron chi connectivity index (χ0n) is 27.5. The number of hydrogen-bond acceptors (Lipinski definition) is 16. The zero-order valence-corrected chi connectivity index (χ0v) is 27.5. The predicted octanol–water partition coefficient (Wildman–Crippen LogP) is -3.61. The van der Waals surface area contributed by atoms with Gasteiger partial charge in [-0.3, -0.25) is 4.79 Å². The van der Waals surface area contributed by atoms with Gasteiger partial charge < -0.3 is 79.7 Å². The third-order valence-corrected chi connectivity index (χ3v) is 9.72. The topological polar surface area (TPSA) is 267 Å². The molecule has 1 saturated carbocycles. The number of carbonyl (C=O) groups excluding carboxylic acids is 1. The molecule has 4 aliphatic rings. The molecule has 3 aliphatic heterocycles. The van der Waals surface area contributed by atoms with Crippen LogP contribution in [0, 0.1) is 5.92 Å². The van der Waals surface area contributed by atoms with Gasteiger partial charge in [-0.15, -0.1) is 0 Å². The second-order valence-corrected chi connectivity index (χ2v) is 13.2. The van der Waals surface area contributed by atoms with Crippen molar-refractivity contribution in [3.8, 4) is 0 Å². The summed E-state index contributed by atoms with van der Waals surface area (Å²) in [7, 11) is 0. The number of fused-ring (bicyclic) bond motifs is 1. The van der Waals surface area contributed by atoms with Crippen LogP contribution in [-0.4, -0.2) is 176 Å². The number of amides is 1. The highest BCUT2D eigenvalue weighted by atomic mass is 16.7. The molecule has 3 heterocycles. The summed E-state index contributed by atoms with van der Waals surface area (Å²) in [4.78, 5) is 12.0. The first-order valence-electron chi connectivity index (χ1n) is 17.0. The van der Waals surface area contributed by atoms with E-state index in [4.69, 9.17) is 28.4 Å². The molecule has 0 bridgehead atoms. The van der Waals surface area contributed by atoms with Crippen LogP contribution in [-0.2, 0) is 33.2 Å². The lowest BCUT2D eigenvalue weighted by atomic mass is 9.73. The second kappa shape index (κ2) is 18.4. The molecule has 4 fully saturated rings. The Hall–Kier alpha value is -1.13. The van der Waals surface area contributed by atoms with Gasteiger partial charge in [0.2, 0.25) is 5.91 Å². The van der Waals surface area contributed by atoms with Crippen LogP contribution >= 0.6 is 0 Å². The number of rotatable bonds is 15. The fourth-order valence-corrected chi connectivity index (χ4v) is 6.96. The minimum absolute atomic E-state index is 0.0610. The number of carbonyl (C=O) groups is 1. The number of unbranched alkanes of at least 4 members (excludes halogenated alkanes) is 5. The van der Waals surface area contributed by atoms with E-state index < -0.39 is 123 Å². The number of hydrogen-bond donors (Lipinski definition) is 10. The van der Waals surface area contributed by atoms with E-state index in [2.05, 4.69) is 12.2 Å². The first-order chi connectivity index (χ1) is 22.9. The Morgan fingerprint density at radius 2 is 1.42 bits per heavy atom. The zero-order chi connectivity index (χ0) is 35.1. The van der Waals surface area contributed by atoms with Crippen molar-refractivity contribution < 1.29 is 79.2 Å². The fraction of sp³-hybridized carbons (Fsp3) is 0.968. The number of ether oxygens (including phenoxy) is 6. The smallest absolute Gasteiger partial charge is 0.217 e. The molecular weight excluding hydrogens is 642 g/mol. The van der Waals surface area contributed by atoms with Gasteiger partial charge in [-0.05, 0) is 12.8 Å². The van der Waals surface area contributed by atoms with Gasteiger partial charge in [0, 0.05) is 26.1 Å². The molecule has 0 aromatic heterocycles. The lowest BCUT2D eigenvalue weighted by Gasteiger charge is -2.52. The molecule has 0 spiro atoms. The molecule has 1 aliphatic carbocycles. The molecule has 0 unspecified atom stereocenters. The average Bonchev–Trinajstić information content (AvgIpc) is 3.06. The van der Waals surface area contributed by atoms with Crippen LogP contribution in [0.1, 0.15) is 58.8 Å². The second-order valence-electron chi connectivity index (χ2n) is 13.2. The Balaban J connectivity index is 1.51. The van der Waals surface area contributed by atoms with Gasteiger partial charge >= 0.3 is 0 Å². The van der Waals surface area contributed by atoms with Crippen LogP contribution in [0.5, 0.6) is 0 Å². The van der Waals surface area contributed by atoms with Gasteiger partial charge in [-0.2, -0.15) is 0 Å². The molecule has 0 radical (unpaired) electrons. The van der Waals surface area contributed by atoms with E-state index in [9.17, 15) is 50.8 Å². The molecule has 4 rings (SSSR count). The molecule has 0 aromatic rings. The van der Waals surface area contributed by atoms with Gasteiger partial charge in [0.1, 0.15) is 67.1 Å². The number of aliphatic hydroxyl groups is 9. The van der Waals surface area contributed by atoms with E-state index in [1.165, 1.54) is 0 Å². The maximum absolute atomic E-state index is 12.0. The quantitative estimate of drug-likeness (QED) is 0.0741. The molecule has 1 amide bonds. The van der Waals surface area contributed by atoms with Crippen LogP contribution in [0.15, 0.2) is 0 Å². The van der Waals surface area contributed by atoms with Gasteiger partial charge in [-0.25, -0.2) is 0 Å². The summed E-state index contributed by atoms with van der Waals surface area (Å²) in [5.74, 6) is -1.65. The first-order valence-corrected chi connectivity index (χ1v) is 17.0. The highest BCUT2D eigenvalue weighted by molar-refractivity contribution is 5.73. The van der Waals surface area contributed by atoms with Crippen molar-refractivity contribution in [2.75, 3.05) is 26.4 Å². The van der Waals surface area contributed by atoms with Crippen LogP contribution in [0.3, 0.4) is 0 Å². The third-order valence-electron chi connectivity index (χ3n) is 9.72. The lowest BCUT2D eigenvalue weighted by molar-refractivity contribution is -0.338. The maximum Gasteiger partial charge on any atom is 0.217 e. The van der Waals surface area contributed by atoms with Gasteiger partial charge in [0.15, 0.2) is 12.6 Å². The molecule has 17 nitrogen and oxygen atoms in total. The van der Waals surface area contributed by atoms with Crippen LogP contribution < -0.4 is 5.32 Å². The van der Waals surface area contributed by atoms with E-state index in [0.717, 1.165) is 39.0 Å². The summed E-state index contributed by atoms with van der Waals surface area (Å²) in [5.41, 5.74) is 0. The summed E-state index contributed by atoms with van der Waals surface area (Å²) in [5, 5.41) is 98.4. The molecule has 3 saturated heterocycles. The maximum atomic E-state index is 12.0. The van der Waals surface area contributed by atoms with Gasteiger partial charge in [0.25, 0.3) is 0 Å². The van der Waals surface area contributed by atoms with Crippen LogP contribution in [0.25, 0.3) is 0 Å². The third kappa shape index (κ3) is 9.20. The first kappa shape index (κ1) is 39.7. The minimum Gasteiger partial charge on any atom is -0.394 e. The largest absolute Gasteiger partial charge is 0.394 e. The van der Waals surface area contributed by atoms with Crippen molar-refractivity contribution in [2.45, 2.75) is 157 Å². The highest BCUT2D eigenvalue weighted by Crippen LogP contribution is 2.39. The van der Waals surface area contributed by atoms with Crippen molar-refractivity contribution in [1.29, 1.82) is 0 Å². The minimum atomic E-state index is -1.75. The molecule has 10 N–H and O–H groups in total. The molecule has 48 heavy (non-hydrogen) atoms. The van der Waals surface area contributed by atoms with E-state index in [1.54, 1.807) is 0 Å².